The van der Waals surface area contributed by atoms with Gasteiger partial charge in [-0.2, -0.15) is 0 Å². The molecule has 3 N–H and O–H groups in total. The number of likely N-dealkylation sites (tertiary alicyclic amines) is 1. The summed E-state index contributed by atoms with van der Waals surface area (Å²) in [5.41, 5.74) is 0.0728. The number of nitrogens with zero attached hydrogens (tertiary/aromatic N) is 1. The van der Waals surface area contributed by atoms with Crippen LogP contribution in [0.25, 0.3) is 0 Å². The van der Waals surface area contributed by atoms with Crippen molar-refractivity contribution in [3.8, 4) is 0 Å². The largest absolute Gasteiger partial charge is 0.481 e. The SMILES string of the molecule is O=C(NC1CCC(C(=O)O)CC1)NC1CCN(C(=O)c2ccccc2F)CC1. The molecule has 3 rings (SSSR count). The molecule has 2 aliphatic rings. The van der Waals surface area contributed by atoms with E-state index in [4.69, 9.17) is 5.11 Å². The van der Waals surface area contributed by atoms with Gasteiger partial charge in [-0.1, -0.05) is 12.1 Å². The molecule has 0 atom stereocenters. The van der Waals surface area contributed by atoms with Crippen LogP contribution in [0, 0.1) is 11.7 Å². The highest BCUT2D eigenvalue weighted by Gasteiger charge is 2.29. The maximum Gasteiger partial charge on any atom is 0.315 e. The average molecular weight is 391 g/mol. The van der Waals surface area contributed by atoms with Gasteiger partial charge in [0.15, 0.2) is 0 Å². The van der Waals surface area contributed by atoms with Gasteiger partial charge in [-0.3, -0.25) is 9.59 Å². The predicted octanol–water partition coefficient (Wildman–Crippen LogP) is 2.37. The molecule has 1 aliphatic carbocycles. The number of nitrogens with one attached hydrogen (secondary N) is 2. The number of carboxylic acids is 1. The molecular formula is C20H26FN3O4. The Morgan fingerprint density at radius 2 is 1.50 bits per heavy atom. The summed E-state index contributed by atoms with van der Waals surface area (Å²) in [5, 5.41) is 14.9. The predicted molar refractivity (Wildman–Crippen MR) is 100 cm³/mol. The highest BCUT2D eigenvalue weighted by atomic mass is 19.1. The smallest absolute Gasteiger partial charge is 0.315 e. The van der Waals surface area contributed by atoms with E-state index in [1.54, 1.807) is 17.0 Å². The van der Waals surface area contributed by atoms with Crippen LogP contribution in [0.5, 0.6) is 0 Å². The molecule has 0 radical (unpaired) electrons. The molecule has 0 unspecified atom stereocenters. The minimum absolute atomic E-state index is 0.00155. The Morgan fingerprint density at radius 3 is 2.07 bits per heavy atom. The molecule has 1 aromatic rings. The summed E-state index contributed by atoms with van der Waals surface area (Å²) >= 11 is 0. The summed E-state index contributed by atoms with van der Waals surface area (Å²) in [4.78, 5) is 37.2. The number of halogens is 1. The molecule has 1 saturated carbocycles. The highest BCUT2D eigenvalue weighted by molar-refractivity contribution is 5.94. The lowest BCUT2D eigenvalue weighted by molar-refractivity contribution is -0.142. The molecule has 0 bridgehead atoms. The van der Waals surface area contributed by atoms with Gasteiger partial charge in [-0.25, -0.2) is 9.18 Å². The van der Waals surface area contributed by atoms with Crippen molar-refractivity contribution in [3.63, 3.8) is 0 Å². The van der Waals surface area contributed by atoms with Gasteiger partial charge in [-0.05, 0) is 50.7 Å². The second-order valence-electron chi connectivity index (χ2n) is 7.55. The average Bonchev–Trinajstić information content (AvgIpc) is 2.69. The van der Waals surface area contributed by atoms with Crippen molar-refractivity contribution in [2.24, 2.45) is 5.92 Å². The van der Waals surface area contributed by atoms with Crippen molar-refractivity contribution < 1.29 is 23.9 Å². The molecule has 8 heteroatoms. The lowest BCUT2D eigenvalue weighted by atomic mass is 9.86. The lowest BCUT2D eigenvalue weighted by Crippen LogP contribution is -2.51. The van der Waals surface area contributed by atoms with E-state index in [0.717, 1.165) is 0 Å². The first-order chi connectivity index (χ1) is 13.4. The van der Waals surface area contributed by atoms with E-state index in [1.165, 1.54) is 12.1 Å². The summed E-state index contributed by atoms with van der Waals surface area (Å²) < 4.78 is 13.8. The van der Waals surface area contributed by atoms with Crippen LogP contribution in [-0.4, -0.2) is 53.1 Å². The van der Waals surface area contributed by atoms with Gasteiger partial charge in [-0.15, -0.1) is 0 Å². The Morgan fingerprint density at radius 1 is 0.929 bits per heavy atom. The zero-order valence-corrected chi connectivity index (χ0v) is 15.7. The van der Waals surface area contributed by atoms with Crippen molar-refractivity contribution in [3.05, 3.63) is 35.6 Å². The number of piperidine rings is 1. The normalized spacial score (nSPS) is 23.1. The van der Waals surface area contributed by atoms with Gasteiger partial charge < -0.3 is 20.6 Å². The Kier molecular flexibility index (Phi) is 6.49. The maximum absolute atomic E-state index is 13.8. The van der Waals surface area contributed by atoms with Crippen LogP contribution >= 0.6 is 0 Å². The lowest BCUT2D eigenvalue weighted by Gasteiger charge is -2.33. The van der Waals surface area contributed by atoms with E-state index in [1.807, 2.05) is 0 Å². The molecular weight excluding hydrogens is 365 g/mol. The van der Waals surface area contributed by atoms with Crippen LogP contribution in [0.3, 0.4) is 0 Å². The second-order valence-corrected chi connectivity index (χ2v) is 7.55. The van der Waals surface area contributed by atoms with Crippen molar-refractivity contribution >= 4 is 17.9 Å². The molecule has 152 valence electrons. The molecule has 1 saturated heterocycles. The third-order valence-corrected chi connectivity index (χ3v) is 5.63. The van der Waals surface area contributed by atoms with Gasteiger partial charge in [0.05, 0.1) is 11.5 Å². The number of rotatable bonds is 4. The zero-order valence-electron chi connectivity index (χ0n) is 15.7. The van der Waals surface area contributed by atoms with Crippen LogP contribution < -0.4 is 10.6 Å². The number of carbonyl (C=O) groups excluding carboxylic acids is 2. The highest BCUT2D eigenvalue weighted by Crippen LogP contribution is 2.24. The van der Waals surface area contributed by atoms with Crippen LogP contribution in [0.2, 0.25) is 0 Å². The van der Waals surface area contributed by atoms with E-state index in [-0.39, 0.29) is 35.5 Å². The third kappa shape index (κ3) is 4.99. The number of carbonyl (C=O) groups is 3. The number of carboxylic acid groups (broad SMARTS) is 1. The fraction of sp³-hybridized carbons (Fsp3) is 0.550. The first kappa shape index (κ1) is 20.1. The van der Waals surface area contributed by atoms with E-state index in [0.29, 0.717) is 51.6 Å². The molecule has 0 spiro atoms. The molecule has 3 amide bonds. The van der Waals surface area contributed by atoms with E-state index < -0.39 is 11.8 Å². The Balaban J connectivity index is 1.41. The first-order valence-electron chi connectivity index (χ1n) is 9.77. The molecule has 1 aromatic carbocycles. The monoisotopic (exact) mass is 391 g/mol. The Hall–Kier alpha value is -2.64. The van der Waals surface area contributed by atoms with Crippen molar-refractivity contribution in [1.29, 1.82) is 0 Å². The molecule has 1 aliphatic heterocycles. The standard InChI is InChI=1S/C20H26FN3O4/c21-17-4-2-1-3-16(17)18(25)24-11-9-15(10-12-24)23-20(28)22-14-7-5-13(6-8-14)19(26)27/h1-4,13-15H,5-12H2,(H,26,27)(H2,22,23,28). The number of hydrogen-bond donors (Lipinski definition) is 3. The minimum atomic E-state index is -0.764. The fourth-order valence-electron chi connectivity index (χ4n) is 3.93. The van der Waals surface area contributed by atoms with Crippen molar-refractivity contribution in [2.75, 3.05) is 13.1 Å². The Labute approximate surface area is 163 Å². The molecule has 0 aromatic heterocycles. The molecule has 7 nitrogen and oxygen atoms in total. The van der Waals surface area contributed by atoms with Gasteiger partial charge >= 0.3 is 12.0 Å². The van der Waals surface area contributed by atoms with Gasteiger partial charge in [0.25, 0.3) is 5.91 Å². The van der Waals surface area contributed by atoms with Crippen LogP contribution in [0.1, 0.15) is 48.9 Å². The number of urea groups is 1. The van der Waals surface area contributed by atoms with Crippen molar-refractivity contribution in [1.82, 2.24) is 15.5 Å². The Bertz CT molecular complexity index is 726. The maximum atomic E-state index is 13.8. The van der Waals surface area contributed by atoms with Gasteiger partial charge in [0.1, 0.15) is 5.82 Å². The summed E-state index contributed by atoms with van der Waals surface area (Å²) in [7, 11) is 0. The number of amides is 3. The topological polar surface area (TPSA) is 98.7 Å². The minimum Gasteiger partial charge on any atom is -0.481 e. The number of aliphatic carboxylic acids is 1. The van der Waals surface area contributed by atoms with Crippen LogP contribution in [0.4, 0.5) is 9.18 Å². The fourth-order valence-corrected chi connectivity index (χ4v) is 3.93. The summed E-state index contributed by atoms with van der Waals surface area (Å²) in [6.45, 7) is 0.920. The van der Waals surface area contributed by atoms with E-state index >= 15 is 0 Å². The number of benzene rings is 1. The molecule has 1 heterocycles. The third-order valence-electron chi connectivity index (χ3n) is 5.63. The summed E-state index contributed by atoms with van der Waals surface area (Å²) in [6.07, 6.45) is 3.71. The second kappa shape index (κ2) is 9.03. The summed E-state index contributed by atoms with van der Waals surface area (Å²) in [6, 6.07) is 5.65. The quantitative estimate of drug-likeness (QED) is 0.734. The zero-order chi connectivity index (χ0) is 20.1. The van der Waals surface area contributed by atoms with E-state index in [2.05, 4.69) is 10.6 Å². The molecule has 2 fully saturated rings. The van der Waals surface area contributed by atoms with Gasteiger partial charge in [0.2, 0.25) is 0 Å². The van der Waals surface area contributed by atoms with Crippen LogP contribution in [0.15, 0.2) is 24.3 Å². The molecule has 28 heavy (non-hydrogen) atoms. The van der Waals surface area contributed by atoms with Gasteiger partial charge in [0, 0.05) is 25.2 Å². The van der Waals surface area contributed by atoms with Crippen LogP contribution in [-0.2, 0) is 4.79 Å². The first-order valence-corrected chi connectivity index (χ1v) is 9.77. The summed E-state index contributed by atoms with van der Waals surface area (Å²) in [5.74, 6) is -1.92. The van der Waals surface area contributed by atoms with E-state index in [9.17, 15) is 18.8 Å². The van der Waals surface area contributed by atoms with Crippen molar-refractivity contribution in [2.45, 2.75) is 50.6 Å². The number of hydrogen-bond acceptors (Lipinski definition) is 3.